The molecule has 0 aliphatic heterocycles. The molecule has 0 saturated heterocycles. The number of hydrogen-bond donors (Lipinski definition) is 1. The molecule has 10 nitrogen and oxygen atoms in total. The van der Waals surface area contributed by atoms with E-state index in [1.54, 1.807) is 28.7 Å². The number of alkyl halides is 6. The lowest BCUT2D eigenvalue weighted by atomic mass is 10.1. The Bertz CT molecular complexity index is 1400. The third-order valence-corrected chi connectivity index (χ3v) is 8.81. The van der Waals surface area contributed by atoms with E-state index < -0.39 is 67.7 Å². The van der Waals surface area contributed by atoms with E-state index in [9.17, 15) is 54.5 Å². The van der Waals surface area contributed by atoms with Gasteiger partial charge in [0.1, 0.15) is 5.75 Å². The summed E-state index contributed by atoms with van der Waals surface area (Å²) in [5, 5.41) is 11.5. The molecule has 0 bridgehead atoms. The zero-order valence-electron chi connectivity index (χ0n) is 17.6. The van der Waals surface area contributed by atoms with Crippen LogP contribution in [0.5, 0.6) is 5.75 Å². The maximum absolute atomic E-state index is 13.4. The van der Waals surface area contributed by atoms with Gasteiger partial charge in [0.2, 0.25) is 5.75 Å². The van der Waals surface area contributed by atoms with Gasteiger partial charge in [-0.15, -0.1) is 0 Å². The van der Waals surface area contributed by atoms with Crippen LogP contribution in [0.3, 0.4) is 0 Å². The van der Waals surface area contributed by atoms with Crippen LogP contribution in [0.15, 0.2) is 30.3 Å². The highest BCUT2D eigenvalue weighted by atomic mass is 127. The van der Waals surface area contributed by atoms with Crippen molar-refractivity contribution in [2.24, 2.45) is 0 Å². The van der Waals surface area contributed by atoms with Crippen LogP contribution in [0.25, 0.3) is 0 Å². The van der Waals surface area contributed by atoms with Crippen molar-refractivity contribution in [2.75, 3.05) is 5.75 Å². The van der Waals surface area contributed by atoms with Crippen molar-refractivity contribution in [3.8, 4) is 5.75 Å². The number of nitro benzene ring substituents is 1. The van der Waals surface area contributed by atoms with Crippen molar-refractivity contribution in [1.82, 2.24) is 0 Å². The van der Waals surface area contributed by atoms with Gasteiger partial charge in [-0.1, -0.05) is 0 Å². The molecule has 0 heterocycles. The third-order valence-electron chi connectivity index (χ3n) is 4.38. The fourth-order valence-electron chi connectivity index (χ4n) is 2.68. The summed E-state index contributed by atoms with van der Waals surface area (Å²) in [7, 11) is -6.04. The lowest BCUT2D eigenvalue weighted by Gasteiger charge is -2.35. The van der Waals surface area contributed by atoms with Crippen LogP contribution in [-0.2, 0) is 14.9 Å². The Morgan fingerprint density at radius 3 is 2.00 bits per heavy atom. The highest BCUT2D eigenvalue weighted by molar-refractivity contribution is 14.1. The Morgan fingerprint density at radius 1 is 0.974 bits per heavy atom. The van der Waals surface area contributed by atoms with E-state index in [2.05, 4.69) is 4.74 Å². The Hall–Kier alpha value is -1.54. The van der Waals surface area contributed by atoms with Gasteiger partial charge in [-0.25, -0.2) is 9.59 Å². The van der Waals surface area contributed by atoms with E-state index in [0.717, 1.165) is 0 Å². The van der Waals surface area contributed by atoms with Crippen molar-refractivity contribution >= 4 is 95.5 Å². The number of rotatable bonds is 7. The Morgan fingerprint density at radius 2 is 1.53 bits per heavy atom. The molecular formula is C18H8F6I3NO9S. The lowest BCUT2D eigenvalue weighted by molar-refractivity contribution is -0.385. The van der Waals surface area contributed by atoms with Gasteiger partial charge in [0, 0.05) is 16.8 Å². The molecule has 0 aromatic heterocycles. The Labute approximate surface area is 248 Å². The van der Waals surface area contributed by atoms with E-state index in [4.69, 9.17) is 9.29 Å². The predicted molar refractivity (Wildman–Crippen MR) is 139 cm³/mol. The second-order valence-corrected chi connectivity index (χ2v) is 12.0. The second-order valence-electron chi connectivity index (χ2n) is 7.02. The molecule has 0 atom stereocenters. The van der Waals surface area contributed by atoms with Crippen molar-refractivity contribution in [2.45, 2.75) is 18.0 Å². The molecule has 208 valence electrons. The number of esters is 2. The number of halogens is 9. The van der Waals surface area contributed by atoms with Gasteiger partial charge >= 0.3 is 35.6 Å². The van der Waals surface area contributed by atoms with Crippen LogP contribution >= 0.6 is 67.8 Å². The maximum atomic E-state index is 13.4. The summed E-state index contributed by atoms with van der Waals surface area (Å²) in [5.41, 5.74) is -8.22. The molecule has 0 aliphatic carbocycles. The molecule has 0 radical (unpaired) electrons. The minimum atomic E-state index is -6.60. The van der Waals surface area contributed by atoms with E-state index in [-0.39, 0.29) is 11.6 Å². The van der Waals surface area contributed by atoms with Crippen molar-refractivity contribution in [3.05, 3.63) is 62.3 Å². The predicted octanol–water partition coefficient (Wildman–Crippen LogP) is 5.54. The molecule has 0 spiro atoms. The number of hydrogen-bond acceptors (Lipinski definition) is 8. The van der Waals surface area contributed by atoms with Crippen LogP contribution in [0.1, 0.15) is 20.7 Å². The average molecular weight is 909 g/mol. The van der Waals surface area contributed by atoms with Crippen molar-refractivity contribution < 1.29 is 63.3 Å². The van der Waals surface area contributed by atoms with Crippen LogP contribution < -0.4 is 4.74 Å². The third kappa shape index (κ3) is 7.35. The lowest BCUT2D eigenvalue weighted by Crippen LogP contribution is -2.63. The van der Waals surface area contributed by atoms with Gasteiger partial charge in [0.15, 0.2) is 0 Å². The van der Waals surface area contributed by atoms with Gasteiger partial charge in [0.25, 0.3) is 10.1 Å². The average Bonchev–Trinajstić information content (AvgIpc) is 2.73. The fourth-order valence-corrected chi connectivity index (χ4v) is 5.95. The number of nitro groups is 1. The van der Waals surface area contributed by atoms with E-state index >= 15 is 0 Å². The summed E-state index contributed by atoms with van der Waals surface area (Å²) >= 11 is 5.58. The Kier molecular flexibility index (Phi) is 9.90. The number of benzene rings is 2. The quantitative estimate of drug-likeness (QED) is 0.0553. The number of ether oxygens (including phenoxy) is 2. The largest absolute Gasteiger partial charge is 0.438 e. The first-order chi connectivity index (χ1) is 17.1. The molecular weight excluding hydrogens is 901 g/mol. The fraction of sp³-hybridized carbons (Fsp3) is 0.222. The Balaban J connectivity index is 2.53. The first kappa shape index (κ1) is 32.7. The minimum absolute atomic E-state index is 0.0231. The van der Waals surface area contributed by atoms with E-state index in [1.807, 2.05) is 45.2 Å². The molecule has 0 aliphatic rings. The minimum Gasteiger partial charge on any atom is -0.435 e. The number of carbonyl (C=O) groups is 2. The first-order valence-corrected chi connectivity index (χ1v) is 13.9. The number of carbonyl (C=O) groups excluding carboxylic acids is 2. The molecule has 2 rings (SSSR count). The highest BCUT2D eigenvalue weighted by Crippen LogP contribution is 2.47. The summed E-state index contributed by atoms with van der Waals surface area (Å²) in [5.74, 6) is -7.54. The van der Waals surface area contributed by atoms with Crippen LogP contribution in [0.4, 0.5) is 32.0 Å². The highest BCUT2D eigenvalue weighted by Gasteiger charge is 2.76. The van der Waals surface area contributed by atoms with Crippen molar-refractivity contribution in [1.29, 1.82) is 0 Å². The monoisotopic (exact) mass is 909 g/mol. The van der Waals surface area contributed by atoms with Crippen molar-refractivity contribution in [3.63, 3.8) is 0 Å². The second kappa shape index (κ2) is 11.5. The van der Waals surface area contributed by atoms with Crippen LogP contribution in [-0.4, -0.2) is 53.5 Å². The normalized spacial score (nSPS) is 12.7. The summed E-state index contributed by atoms with van der Waals surface area (Å²) in [4.78, 5) is 35.1. The van der Waals surface area contributed by atoms with Gasteiger partial charge in [-0.05, 0) is 92.0 Å². The molecule has 0 amide bonds. The smallest absolute Gasteiger partial charge is 0.435 e. The van der Waals surface area contributed by atoms with Crippen LogP contribution in [0, 0.1) is 20.8 Å². The topological polar surface area (TPSA) is 150 Å². The molecule has 0 fully saturated rings. The molecule has 0 saturated carbocycles. The SMILES string of the molecule is O=C(OC(CS(=O)(=O)O)(C(F)(F)F)C(F)(F)F)c1ccc(OC(=O)c2cc(I)cc(I)c2I)c([N+](=O)[O-])c1. The van der Waals surface area contributed by atoms with Gasteiger partial charge < -0.3 is 9.47 Å². The molecule has 1 N–H and O–H groups in total. The number of nitrogens with zero attached hydrogens (tertiary/aromatic N) is 1. The zero-order chi connectivity index (χ0) is 29.4. The summed E-state index contributed by atoms with van der Waals surface area (Å²) in [6.45, 7) is 0. The van der Waals surface area contributed by atoms with E-state index in [1.165, 1.54) is 6.07 Å². The molecule has 2 aromatic rings. The first-order valence-electron chi connectivity index (χ1n) is 9.07. The van der Waals surface area contributed by atoms with Crippen LogP contribution in [0.2, 0.25) is 0 Å². The maximum Gasteiger partial charge on any atom is 0.438 e. The molecule has 0 unspecified atom stereocenters. The van der Waals surface area contributed by atoms with Gasteiger partial charge in [0.05, 0.1) is 16.1 Å². The molecule has 20 heteroatoms. The van der Waals surface area contributed by atoms with Gasteiger partial charge in [-0.3, -0.25) is 14.7 Å². The zero-order valence-corrected chi connectivity index (χ0v) is 24.9. The standard InChI is InChI=1S/C18H8F6I3NO9S/c19-17(20,21)16(18(22,23)24,6-38(33,34)35)37-14(29)7-1-2-12(11(3-7)28(31)32)36-15(30)9-4-8(25)5-10(26)13(9)27/h1-5H,6H2,(H,33,34,35). The summed E-state index contributed by atoms with van der Waals surface area (Å²) in [6.07, 6.45) is -13.2. The van der Waals surface area contributed by atoms with E-state index in [0.29, 0.717) is 22.8 Å². The van der Waals surface area contributed by atoms with Gasteiger partial charge in [-0.2, -0.15) is 34.8 Å². The molecule has 2 aromatic carbocycles. The molecule has 38 heavy (non-hydrogen) atoms. The summed E-state index contributed by atoms with van der Waals surface area (Å²) in [6, 6.07) is 4.25. The summed E-state index contributed by atoms with van der Waals surface area (Å²) < 4.78 is 121.